The van der Waals surface area contributed by atoms with Crippen molar-refractivity contribution in [3.8, 4) is 11.5 Å². The second kappa shape index (κ2) is 11.0. The summed E-state index contributed by atoms with van der Waals surface area (Å²) in [6.07, 6.45) is 1.29. The largest absolute Gasteiger partial charge is 0.493 e. The number of amides is 5. The fraction of sp³-hybridized carbons (Fsp3) is 0.111. The molecule has 4 rings (SSSR count). The maximum atomic E-state index is 13.0. The van der Waals surface area contributed by atoms with Gasteiger partial charge in [-0.1, -0.05) is 41.9 Å². The Balaban J connectivity index is 1.55. The van der Waals surface area contributed by atoms with Crippen LogP contribution < -0.4 is 25.0 Å². The summed E-state index contributed by atoms with van der Waals surface area (Å²) in [7, 11) is 1.39. The molecule has 0 unspecified atom stereocenters. The molecule has 0 spiro atoms. The zero-order valence-corrected chi connectivity index (χ0v) is 20.7. The molecule has 0 bridgehead atoms. The van der Waals surface area contributed by atoms with Gasteiger partial charge in [-0.05, 0) is 60.5 Å². The number of hydrogen-bond acceptors (Lipinski definition) is 6. The summed E-state index contributed by atoms with van der Waals surface area (Å²) < 4.78 is 11.0. The van der Waals surface area contributed by atoms with Gasteiger partial charge in [0, 0.05) is 5.69 Å². The molecule has 1 aliphatic heterocycles. The van der Waals surface area contributed by atoms with Gasteiger partial charge in [0.05, 0.1) is 17.8 Å². The average molecular weight is 520 g/mol. The smallest absolute Gasteiger partial charge is 0.335 e. The average Bonchev–Trinajstić information content (AvgIpc) is 2.86. The lowest BCUT2D eigenvalue weighted by molar-refractivity contribution is -0.122. The number of carbonyl (C=O) groups is 4. The van der Waals surface area contributed by atoms with Crippen LogP contribution in [0.5, 0.6) is 11.5 Å². The molecule has 5 amide bonds. The first kappa shape index (κ1) is 25.5. The molecule has 1 heterocycles. The number of benzene rings is 3. The molecule has 3 aromatic rings. The third kappa shape index (κ3) is 5.79. The minimum atomic E-state index is -0.846. The van der Waals surface area contributed by atoms with Gasteiger partial charge in [-0.3, -0.25) is 19.7 Å². The summed E-state index contributed by atoms with van der Waals surface area (Å²) >= 11 is 6.40. The zero-order chi connectivity index (χ0) is 26.5. The van der Waals surface area contributed by atoms with Gasteiger partial charge in [0.1, 0.15) is 5.57 Å². The monoisotopic (exact) mass is 519 g/mol. The summed E-state index contributed by atoms with van der Waals surface area (Å²) in [5.74, 6) is -1.73. The fourth-order valence-electron chi connectivity index (χ4n) is 3.66. The maximum Gasteiger partial charge on any atom is 0.335 e. The number of nitrogens with zero attached hydrogens (tertiary/aromatic N) is 1. The van der Waals surface area contributed by atoms with Crippen molar-refractivity contribution in [2.75, 3.05) is 23.9 Å². The highest BCUT2D eigenvalue weighted by Gasteiger charge is 2.36. The molecule has 0 aliphatic carbocycles. The highest BCUT2D eigenvalue weighted by molar-refractivity contribution is 6.39. The van der Waals surface area contributed by atoms with Crippen LogP contribution in [0.25, 0.3) is 6.08 Å². The number of methoxy groups -OCH3 is 1. The van der Waals surface area contributed by atoms with E-state index >= 15 is 0 Å². The van der Waals surface area contributed by atoms with E-state index in [9.17, 15) is 19.2 Å². The minimum Gasteiger partial charge on any atom is -0.493 e. The van der Waals surface area contributed by atoms with E-state index in [0.29, 0.717) is 16.9 Å². The molecule has 1 saturated heterocycles. The fourth-order valence-corrected chi connectivity index (χ4v) is 3.93. The van der Waals surface area contributed by atoms with E-state index < -0.39 is 23.8 Å². The number of urea groups is 1. The number of barbiturate groups is 1. The SMILES string of the molecule is COc1cc(/C=C2\C(=O)NC(=O)N(c3ccccc3)C2=O)cc(Cl)c1OCC(=O)Nc1cccc(C)c1. The van der Waals surface area contributed by atoms with Gasteiger partial charge in [-0.15, -0.1) is 0 Å². The number of aryl methyl sites for hydroxylation is 1. The Kier molecular flexibility index (Phi) is 7.55. The van der Waals surface area contributed by atoms with Gasteiger partial charge in [0.2, 0.25) is 0 Å². The van der Waals surface area contributed by atoms with Crippen LogP contribution in [0.2, 0.25) is 5.02 Å². The molecule has 0 atom stereocenters. The molecule has 10 heteroatoms. The van der Waals surface area contributed by atoms with E-state index in [-0.39, 0.29) is 28.7 Å². The molecule has 0 radical (unpaired) electrons. The van der Waals surface area contributed by atoms with Crippen LogP contribution in [0, 0.1) is 6.92 Å². The zero-order valence-electron chi connectivity index (χ0n) is 19.9. The van der Waals surface area contributed by atoms with Crippen LogP contribution in [-0.4, -0.2) is 37.5 Å². The lowest BCUT2D eigenvalue weighted by Gasteiger charge is -2.26. The Labute approximate surface area is 217 Å². The van der Waals surface area contributed by atoms with Crippen LogP contribution in [-0.2, 0) is 14.4 Å². The maximum absolute atomic E-state index is 13.0. The first-order valence-electron chi connectivity index (χ1n) is 11.1. The summed E-state index contributed by atoms with van der Waals surface area (Å²) in [6.45, 7) is 1.58. The molecular formula is C27H22ClN3O6. The second-order valence-electron chi connectivity index (χ2n) is 8.03. The van der Waals surface area contributed by atoms with Crippen molar-refractivity contribution in [3.63, 3.8) is 0 Å². The van der Waals surface area contributed by atoms with Crippen molar-refractivity contribution in [1.29, 1.82) is 0 Å². The topological polar surface area (TPSA) is 114 Å². The summed E-state index contributed by atoms with van der Waals surface area (Å²) in [6, 6.07) is 17.6. The molecule has 0 aromatic heterocycles. The molecular weight excluding hydrogens is 498 g/mol. The Morgan fingerprint density at radius 2 is 1.81 bits per heavy atom. The van der Waals surface area contributed by atoms with Crippen LogP contribution in [0.1, 0.15) is 11.1 Å². The number of halogens is 1. The van der Waals surface area contributed by atoms with E-state index in [2.05, 4.69) is 10.6 Å². The third-order valence-electron chi connectivity index (χ3n) is 5.33. The molecule has 1 aliphatic rings. The summed E-state index contributed by atoms with van der Waals surface area (Å²) in [4.78, 5) is 51.1. The van der Waals surface area contributed by atoms with E-state index in [4.69, 9.17) is 21.1 Å². The van der Waals surface area contributed by atoms with Crippen LogP contribution in [0.4, 0.5) is 16.2 Å². The third-order valence-corrected chi connectivity index (χ3v) is 5.61. The number of imide groups is 2. The number of hydrogen-bond donors (Lipinski definition) is 2. The highest BCUT2D eigenvalue weighted by Crippen LogP contribution is 2.37. The van der Waals surface area contributed by atoms with Gasteiger partial charge in [0.15, 0.2) is 18.1 Å². The van der Waals surface area contributed by atoms with Crippen LogP contribution >= 0.6 is 11.6 Å². The van der Waals surface area contributed by atoms with Crippen LogP contribution in [0.3, 0.4) is 0 Å². The Morgan fingerprint density at radius 1 is 1.05 bits per heavy atom. The molecule has 3 aromatic carbocycles. The molecule has 2 N–H and O–H groups in total. The predicted molar refractivity (Wildman–Crippen MR) is 139 cm³/mol. The van der Waals surface area contributed by atoms with Crippen molar-refractivity contribution >= 4 is 52.8 Å². The van der Waals surface area contributed by atoms with E-state index in [1.165, 1.54) is 25.3 Å². The van der Waals surface area contributed by atoms with E-state index in [1.54, 1.807) is 36.4 Å². The normalized spacial score (nSPS) is 14.4. The number of carbonyl (C=O) groups excluding carboxylic acids is 4. The summed E-state index contributed by atoms with van der Waals surface area (Å²) in [5.41, 5.74) is 2.01. The van der Waals surface area contributed by atoms with E-state index in [0.717, 1.165) is 10.5 Å². The number of rotatable bonds is 7. The molecule has 9 nitrogen and oxygen atoms in total. The Morgan fingerprint density at radius 3 is 2.51 bits per heavy atom. The van der Waals surface area contributed by atoms with Gasteiger partial charge in [-0.2, -0.15) is 0 Å². The van der Waals surface area contributed by atoms with Gasteiger partial charge in [-0.25, -0.2) is 9.69 Å². The Hall–Kier alpha value is -4.63. The second-order valence-corrected chi connectivity index (χ2v) is 8.44. The first-order chi connectivity index (χ1) is 17.8. The minimum absolute atomic E-state index is 0.0919. The van der Waals surface area contributed by atoms with E-state index in [1.807, 2.05) is 25.1 Å². The number of nitrogens with one attached hydrogen (secondary N) is 2. The number of anilines is 2. The Bertz CT molecular complexity index is 1420. The molecule has 188 valence electrons. The quantitative estimate of drug-likeness (QED) is 0.354. The van der Waals surface area contributed by atoms with Gasteiger partial charge in [0.25, 0.3) is 17.7 Å². The van der Waals surface area contributed by atoms with Crippen molar-refractivity contribution in [2.45, 2.75) is 6.92 Å². The lowest BCUT2D eigenvalue weighted by Crippen LogP contribution is -2.54. The standard InChI is InChI=1S/C27H22ClN3O6/c1-16-7-6-8-18(11-16)29-23(32)15-37-24-21(28)13-17(14-22(24)36-2)12-20-25(33)30-27(35)31(26(20)34)19-9-4-3-5-10-19/h3-14H,15H2,1-2H3,(H,29,32)(H,30,33,35)/b20-12+. The van der Waals surface area contributed by atoms with Crippen molar-refractivity contribution in [1.82, 2.24) is 5.32 Å². The number of para-hydroxylation sites is 1. The molecule has 37 heavy (non-hydrogen) atoms. The van der Waals surface area contributed by atoms with Crippen LogP contribution in [0.15, 0.2) is 72.3 Å². The van der Waals surface area contributed by atoms with Crippen molar-refractivity contribution in [3.05, 3.63) is 88.5 Å². The van der Waals surface area contributed by atoms with Crippen molar-refractivity contribution in [2.24, 2.45) is 0 Å². The van der Waals surface area contributed by atoms with Crippen molar-refractivity contribution < 1.29 is 28.7 Å². The molecule has 0 saturated carbocycles. The van der Waals surface area contributed by atoms with Gasteiger partial charge < -0.3 is 14.8 Å². The first-order valence-corrected chi connectivity index (χ1v) is 11.5. The lowest BCUT2D eigenvalue weighted by atomic mass is 10.1. The molecule has 1 fully saturated rings. The number of ether oxygens (including phenoxy) is 2. The highest BCUT2D eigenvalue weighted by atomic mass is 35.5. The summed E-state index contributed by atoms with van der Waals surface area (Å²) in [5, 5.41) is 4.99. The predicted octanol–water partition coefficient (Wildman–Crippen LogP) is 4.34. The van der Waals surface area contributed by atoms with Gasteiger partial charge >= 0.3 is 6.03 Å².